The number of carbonyl (C=O) groups is 1. The van der Waals surface area contributed by atoms with E-state index in [1.807, 2.05) is 6.07 Å². The van der Waals surface area contributed by atoms with Crippen molar-refractivity contribution in [2.45, 2.75) is 25.7 Å². The molecule has 18 heavy (non-hydrogen) atoms. The van der Waals surface area contributed by atoms with E-state index in [2.05, 4.69) is 11.4 Å². The van der Waals surface area contributed by atoms with Crippen LogP contribution < -0.4 is 5.32 Å². The normalized spacial score (nSPS) is 28.9. The van der Waals surface area contributed by atoms with Gasteiger partial charge in [0, 0.05) is 11.6 Å². The Hall–Kier alpha value is -1.82. The number of nitriles is 1. The lowest BCUT2D eigenvalue weighted by Gasteiger charge is -2.20. The van der Waals surface area contributed by atoms with Crippen molar-refractivity contribution in [1.29, 1.82) is 5.26 Å². The van der Waals surface area contributed by atoms with E-state index in [9.17, 15) is 4.79 Å². The average molecular weight is 240 g/mol. The predicted octanol–water partition coefficient (Wildman–Crippen LogP) is 2.93. The van der Waals surface area contributed by atoms with Crippen LogP contribution in [-0.4, -0.2) is 5.91 Å². The van der Waals surface area contributed by atoms with Gasteiger partial charge in [0.2, 0.25) is 5.91 Å². The zero-order valence-corrected chi connectivity index (χ0v) is 10.2. The molecular formula is C15H16N2O. The van der Waals surface area contributed by atoms with Gasteiger partial charge in [0.1, 0.15) is 0 Å². The molecule has 2 fully saturated rings. The molecule has 1 amide bonds. The lowest BCUT2D eigenvalue weighted by atomic mass is 9.88. The van der Waals surface area contributed by atoms with Crippen molar-refractivity contribution in [2.75, 3.05) is 5.32 Å². The van der Waals surface area contributed by atoms with Crippen molar-refractivity contribution in [3.63, 3.8) is 0 Å². The number of nitrogens with zero attached hydrogens (tertiary/aromatic N) is 1. The number of hydrogen-bond donors (Lipinski definition) is 1. The Morgan fingerprint density at radius 3 is 2.89 bits per heavy atom. The van der Waals surface area contributed by atoms with Crippen molar-refractivity contribution in [2.24, 2.45) is 17.8 Å². The van der Waals surface area contributed by atoms with Crippen LogP contribution in [-0.2, 0) is 4.79 Å². The summed E-state index contributed by atoms with van der Waals surface area (Å²) in [5.41, 5.74) is 1.32. The maximum Gasteiger partial charge on any atom is 0.227 e. The second-order valence-corrected chi connectivity index (χ2v) is 5.46. The van der Waals surface area contributed by atoms with Crippen molar-refractivity contribution >= 4 is 11.6 Å². The summed E-state index contributed by atoms with van der Waals surface area (Å²) in [7, 11) is 0. The number of carbonyl (C=O) groups excluding carboxylic acids is 1. The van der Waals surface area contributed by atoms with E-state index in [1.54, 1.807) is 18.2 Å². The minimum absolute atomic E-state index is 0.136. The summed E-state index contributed by atoms with van der Waals surface area (Å²) in [5.74, 6) is 1.69. The first-order chi connectivity index (χ1) is 8.76. The molecule has 0 aromatic heterocycles. The summed E-state index contributed by atoms with van der Waals surface area (Å²) in [4.78, 5) is 12.2. The van der Waals surface area contributed by atoms with E-state index in [1.165, 1.54) is 19.3 Å². The second-order valence-electron chi connectivity index (χ2n) is 5.46. The van der Waals surface area contributed by atoms with Gasteiger partial charge in [0.15, 0.2) is 0 Å². The van der Waals surface area contributed by atoms with Gasteiger partial charge in [0.05, 0.1) is 11.6 Å². The summed E-state index contributed by atoms with van der Waals surface area (Å²) in [6, 6.07) is 9.20. The van der Waals surface area contributed by atoms with E-state index in [0.717, 1.165) is 18.0 Å². The summed E-state index contributed by atoms with van der Waals surface area (Å²) in [6.45, 7) is 0. The summed E-state index contributed by atoms with van der Waals surface area (Å²) in [5, 5.41) is 11.8. The third kappa shape index (κ3) is 1.99. The molecule has 0 radical (unpaired) electrons. The average Bonchev–Trinajstić information content (AvgIpc) is 3.01. The maximum atomic E-state index is 12.2. The largest absolute Gasteiger partial charge is 0.326 e. The Kier molecular flexibility index (Phi) is 2.79. The van der Waals surface area contributed by atoms with Crippen LogP contribution in [0.2, 0.25) is 0 Å². The zero-order chi connectivity index (χ0) is 12.5. The zero-order valence-electron chi connectivity index (χ0n) is 10.2. The first-order valence-corrected chi connectivity index (χ1v) is 6.57. The van der Waals surface area contributed by atoms with E-state index in [-0.39, 0.29) is 11.8 Å². The van der Waals surface area contributed by atoms with E-state index < -0.39 is 0 Å². The standard InChI is InChI=1S/C15H16N2O/c16-9-11-2-1-3-13(7-11)17-15(18)14-8-10-4-5-12(14)6-10/h1-3,7,10,12,14H,4-6,8H2,(H,17,18). The third-order valence-electron chi connectivity index (χ3n) is 4.33. The lowest BCUT2D eigenvalue weighted by molar-refractivity contribution is -0.121. The van der Waals surface area contributed by atoms with Crippen LogP contribution in [0.3, 0.4) is 0 Å². The SMILES string of the molecule is N#Cc1cccc(NC(=O)C2CC3CCC2C3)c1. The quantitative estimate of drug-likeness (QED) is 0.864. The van der Waals surface area contributed by atoms with Gasteiger partial charge in [-0.05, 0) is 49.3 Å². The minimum atomic E-state index is 0.136. The highest BCUT2D eigenvalue weighted by Gasteiger charge is 2.42. The van der Waals surface area contributed by atoms with E-state index in [4.69, 9.17) is 5.26 Å². The Morgan fingerprint density at radius 2 is 2.22 bits per heavy atom. The molecule has 2 saturated carbocycles. The molecule has 1 N–H and O–H groups in total. The molecule has 3 nitrogen and oxygen atoms in total. The first kappa shape index (κ1) is 11.3. The van der Waals surface area contributed by atoms with Gasteiger partial charge >= 0.3 is 0 Å². The molecule has 1 aromatic carbocycles. The Bertz CT molecular complexity index is 517. The van der Waals surface area contributed by atoms with Crippen LogP contribution >= 0.6 is 0 Å². The fraction of sp³-hybridized carbons (Fsp3) is 0.467. The van der Waals surface area contributed by atoms with Gasteiger partial charge in [0.25, 0.3) is 0 Å². The summed E-state index contributed by atoms with van der Waals surface area (Å²) in [6.07, 6.45) is 4.80. The number of rotatable bonds is 2. The number of nitrogens with one attached hydrogen (secondary N) is 1. The van der Waals surface area contributed by atoms with Crippen LogP contribution in [0, 0.1) is 29.1 Å². The first-order valence-electron chi connectivity index (χ1n) is 6.57. The van der Waals surface area contributed by atoms with Crippen LogP contribution in [0.25, 0.3) is 0 Å². The Labute approximate surface area is 107 Å². The predicted molar refractivity (Wildman–Crippen MR) is 68.7 cm³/mol. The molecule has 0 heterocycles. The van der Waals surface area contributed by atoms with Crippen LogP contribution in [0.15, 0.2) is 24.3 Å². The van der Waals surface area contributed by atoms with Crippen molar-refractivity contribution in [3.8, 4) is 6.07 Å². The fourth-order valence-electron chi connectivity index (χ4n) is 3.47. The van der Waals surface area contributed by atoms with Crippen LogP contribution in [0.4, 0.5) is 5.69 Å². The second kappa shape index (κ2) is 4.45. The Morgan fingerprint density at radius 1 is 1.33 bits per heavy atom. The molecule has 0 saturated heterocycles. The number of benzene rings is 1. The topological polar surface area (TPSA) is 52.9 Å². The van der Waals surface area contributed by atoms with E-state index in [0.29, 0.717) is 11.5 Å². The molecule has 3 atom stereocenters. The van der Waals surface area contributed by atoms with Crippen molar-refractivity contribution < 1.29 is 4.79 Å². The summed E-state index contributed by atoms with van der Waals surface area (Å²) >= 11 is 0. The molecule has 3 rings (SSSR count). The molecule has 1 aromatic rings. The molecule has 3 unspecified atom stereocenters. The van der Waals surface area contributed by atoms with Gasteiger partial charge < -0.3 is 5.32 Å². The molecule has 2 aliphatic carbocycles. The van der Waals surface area contributed by atoms with Crippen molar-refractivity contribution in [3.05, 3.63) is 29.8 Å². The number of fused-ring (bicyclic) bond motifs is 2. The molecule has 2 bridgehead atoms. The van der Waals surface area contributed by atoms with E-state index >= 15 is 0 Å². The molecule has 0 aliphatic heterocycles. The summed E-state index contributed by atoms with van der Waals surface area (Å²) < 4.78 is 0. The van der Waals surface area contributed by atoms with Gasteiger partial charge in [-0.25, -0.2) is 0 Å². The van der Waals surface area contributed by atoms with Crippen molar-refractivity contribution in [1.82, 2.24) is 0 Å². The molecule has 3 heteroatoms. The highest BCUT2D eigenvalue weighted by atomic mass is 16.1. The maximum absolute atomic E-state index is 12.2. The third-order valence-corrected chi connectivity index (χ3v) is 4.33. The van der Waals surface area contributed by atoms with Gasteiger partial charge in [-0.1, -0.05) is 12.5 Å². The van der Waals surface area contributed by atoms with Gasteiger partial charge in [-0.3, -0.25) is 4.79 Å². The molecule has 2 aliphatic rings. The highest BCUT2D eigenvalue weighted by Crippen LogP contribution is 2.48. The number of anilines is 1. The van der Waals surface area contributed by atoms with Crippen LogP contribution in [0.1, 0.15) is 31.2 Å². The van der Waals surface area contributed by atoms with Crippen LogP contribution in [0.5, 0.6) is 0 Å². The lowest BCUT2D eigenvalue weighted by Crippen LogP contribution is -2.27. The molecule has 0 spiro atoms. The van der Waals surface area contributed by atoms with Gasteiger partial charge in [-0.2, -0.15) is 5.26 Å². The smallest absolute Gasteiger partial charge is 0.227 e. The molecular weight excluding hydrogens is 224 g/mol. The number of hydrogen-bond acceptors (Lipinski definition) is 2. The number of amides is 1. The molecule has 92 valence electrons. The highest BCUT2D eigenvalue weighted by molar-refractivity contribution is 5.93. The minimum Gasteiger partial charge on any atom is -0.326 e. The monoisotopic (exact) mass is 240 g/mol. The Balaban J connectivity index is 1.69. The van der Waals surface area contributed by atoms with Gasteiger partial charge in [-0.15, -0.1) is 0 Å². The fourth-order valence-corrected chi connectivity index (χ4v) is 3.47.